The van der Waals surface area contributed by atoms with Crippen LogP contribution in [0.4, 0.5) is 0 Å². The van der Waals surface area contributed by atoms with Gasteiger partial charge in [-0.15, -0.1) is 13.2 Å². The van der Waals surface area contributed by atoms with Crippen LogP contribution in [-0.2, 0) is 0 Å². The Hall–Kier alpha value is -1.32. The van der Waals surface area contributed by atoms with Crippen molar-refractivity contribution in [2.75, 3.05) is 26.2 Å². The minimum absolute atomic E-state index is 0.921. The Labute approximate surface area is 72.9 Å². The zero-order valence-corrected chi connectivity index (χ0v) is 7.19. The average molecular weight is 166 g/mol. The predicted octanol–water partition coefficient (Wildman–Crippen LogP) is 0.391. The summed E-state index contributed by atoms with van der Waals surface area (Å²) in [7, 11) is 0. The lowest BCUT2D eigenvalue weighted by Gasteiger charge is -2.24. The predicted molar refractivity (Wildman–Crippen MR) is 51.4 cm³/mol. The number of nitrogens with zero attached hydrogens (tertiary/aromatic N) is 4. The van der Waals surface area contributed by atoms with Crippen LogP contribution in [0.2, 0.25) is 0 Å². The Balaban J connectivity index is 0.000000336. The van der Waals surface area contributed by atoms with Gasteiger partial charge < -0.3 is 0 Å². The van der Waals surface area contributed by atoms with Gasteiger partial charge in [-0.25, -0.2) is 0 Å². The lowest BCUT2D eigenvalue weighted by Crippen LogP contribution is -2.38. The van der Waals surface area contributed by atoms with Crippen LogP contribution >= 0.6 is 0 Å². The van der Waals surface area contributed by atoms with Gasteiger partial charge in [0.15, 0.2) is 0 Å². The molecule has 2 aliphatic heterocycles. The molecule has 0 aromatic heterocycles. The molecule has 0 bridgehead atoms. The van der Waals surface area contributed by atoms with Crippen molar-refractivity contribution >= 4 is 12.7 Å². The largest absolute Gasteiger partial charge is 0.272 e. The van der Waals surface area contributed by atoms with E-state index in [0.29, 0.717) is 0 Å². The number of hydrogen-bond acceptors (Lipinski definition) is 4. The van der Waals surface area contributed by atoms with Crippen molar-refractivity contribution in [1.82, 2.24) is 10.0 Å². The van der Waals surface area contributed by atoms with Gasteiger partial charge in [0.25, 0.3) is 0 Å². The van der Waals surface area contributed by atoms with Crippen LogP contribution in [0.15, 0.2) is 23.1 Å². The maximum absolute atomic E-state index is 4.11. The Morgan fingerprint density at radius 1 is 0.917 bits per heavy atom. The molecule has 0 saturated heterocycles. The lowest BCUT2D eigenvalue weighted by atomic mass is 10.6. The molecule has 2 rings (SSSR count). The van der Waals surface area contributed by atoms with Gasteiger partial charge in [0.05, 0.1) is 26.2 Å². The van der Waals surface area contributed by atoms with Crippen molar-refractivity contribution < 1.29 is 0 Å². The highest BCUT2D eigenvalue weighted by Gasteiger charge is 2.14. The molecule has 0 aliphatic carbocycles. The second-order valence-electron chi connectivity index (χ2n) is 2.37. The standard InChI is InChI=1S/C6H10N4.C2H4/c1-3-9(5-7-1)10-4-2-8-6-10;1-2/h5-6H,1-4H2;1-2H2. The fourth-order valence-corrected chi connectivity index (χ4v) is 1.13. The maximum Gasteiger partial charge on any atom is 0.104 e. The van der Waals surface area contributed by atoms with Crippen LogP contribution in [0.25, 0.3) is 0 Å². The molecule has 2 heterocycles. The minimum Gasteiger partial charge on any atom is -0.272 e. The molecule has 12 heavy (non-hydrogen) atoms. The van der Waals surface area contributed by atoms with E-state index in [4.69, 9.17) is 0 Å². The fourth-order valence-electron chi connectivity index (χ4n) is 1.13. The molecule has 0 unspecified atom stereocenters. The first-order valence-corrected chi connectivity index (χ1v) is 4.00. The summed E-state index contributed by atoms with van der Waals surface area (Å²) in [5.41, 5.74) is 0. The Kier molecular flexibility index (Phi) is 3.32. The van der Waals surface area contributed by atoms with Gasteiger partial charge in [-0.05, 0) is 0 Å². The Bertz CT molecular complexity index is 167. The van der Waals surface area contributed by atoms with Crippen molar-refractivity contribution in [3.63, 3.8) is 0 Å². The molecule has 0 atom stereocenters. The second-order valence-corrected chi connectivity index (χ2v) is 2.37. The van der Waals surface area contributed by atoms with Gasteiger partial charge in [0.2, 0.25) is 0 Å². The summed E-state index contributed by atoms with van der Waals surface area (Å²) in [6.07, 6.45) is 3.74. The van der Waals surface area contributed by atoms with Crippen molar-refractivity contribution in [1.29, 1.82) is 0 Å². The van der Waals surface area contributed by atoms with E-state index < -0.39 is 0 Å². The summed E-state index contributed by atoms with van der Waals surface area (Å²) in [4.78, 5) is 8.21. The molecule has 0 fully saturated rings. The molecular weight excluding hydrogens is 152 g/mol. The third-order valence-electron chi connectivity index (χ3n) is 1.68. The Morgan fingerprint density at radius 2 is 1.33 bits per heavy atom. The summed E-state index contributed by atoms with van der Waals surface area (Å²) in [6.45, 7) is 9.85. The molecule has 4 heteroatoms. The Morgan fingerprint density at radius 3 is 1.58 bits per heavy atom. The summed E-state index contributed by atoms with van der Waals surface area (Å²) in [6, 6.07) is 0. The zero-order valence-electron chi connectivity index (χ0n) is 7.19. The number of hydrazine groups is 1. The van der Waals surface area contributed by atoms with Gasteiger partial charge in [-0.3, -0.25) is 20.0 Å². The van der Waals surface area contributed by atoms with Crippen molar-refractivity contribution in [3.05, 3.63) is 13.2 Å². The van der Waals surface area contributed by atoms with Crippen molar-refractivity contribution in [3.8, 4) is 0 Å². The molecule has 66 valence electrons. The van der Waals surface area contributed by atoms with E-state index in [-0.39, 0.29) is 0 Å². The quantitative estimate of drug-likeness (QED) is 0.528. The first-order valence-electron chi connectivity index (χ1n) is 4.00. The number of aliphatic imine (C=N–C) groups is 2. The van der Waals surface area contributed by atoms with Crippen LogP contribution < -0.4 is 0 Å². The molecule has 4 nitrogen and oxygen atoms in total. The van der Waals surface area contributed by atoms with E-state index in [1.54, 1.807) is 0 Å². The van der Waals surface area contributed by atoms with Crippen molar-refractivity contribution in [2.24, 2.45) is 9.98 Å². The molecule has 2 aliphatic rings. The smallest absolute Gasteiger partial charge is 0.104 e. The van der Waals surface area contributed by atoms with Crippen LogP contribution in [0.3, 0.4) is 0 Å². The molecule has 0 spiro atoms. The minimum atomic E-state index is 0.921. The SMILES string of the molecule is C1=NCCN1N1C=NCC1.C=C. The molecule has 0 aromatic carbocycles. The highest BCUT2D eigenvalue weighted by Crippen LogP contribution is 2.01. The summed E-state index contributed by atoms with van der Waals surface area (Å²) in [5, 5.41) is 4.19. The van der Waals surface area contributed by atoms with Crippen LogP contribution in [-0.4, -0.2) is 48.9 Å². The van der Waals surface area contributed by atoms with Gasteiger partial charge in [0.1, 0.15) is 12.7 Å². The maximum atomic E-state index is 4.11. The third-order valence-corrected chi connectivity index (χ3v) is 1.68. The third kappa shape index (κ3) is 1.84. The van der Waals surface area contributed by atoms with Crippen LogP contribution in [0.5, 0.6) is 0 Å². The molecule has 0 radical (unpaired) electrons. The average Bonchev–Trinajstić information content (AvgIpc) is 2.80. The molecule has 0 aromatic rings. The first-order chi connectivity index (χ1) is 5.97. The topological polar surface area (TPSA) is 31.2 Å². The van der Waals surface area contributed by atoms with E-state index in [9.17, 15) is 0 Å². The highest BCUT2D eigenvalue weighted by atomic mass is 15.6. The van der Waals surface area contributed by atoms with E-state index in [1.807, 2.05) is 12.7 Å². The second kappa shape index (κ2) is 4.54. The summed E-state index contributed by atoms with van der Waals surface area (Å²) < 4.78 is 0. The summed E-state index contributed by atoms with van der Waals surface area (Å²) >= 11 is 0. The van der Waals surface area contributed by atoms with Crippen LogP contribution in [0, 0.1) is 0 Å². The highest BCUT2D eigenvalue weighted by molar-refractivity contribution is 5.64. The monoisotopic (exact) mass is 166 g/mol. The van der Waals surface area contributed by atoms with E-state index in [1.165, 1.54) is 0 Å². The van der Waals surface area contributed by atoms with E-state index in [2.05, 4.69) is 33.2 Å². The van der Waals surface area contributed by atoms with Crippen LogP contribution in [0.1, 0.15) is 0 Å². The fraction of sp³-hybridized carbons (Fsp3) is 0.500. The molecule has 0 amide bonds. The van der Waals surface area contributed by atoms with E-state index in [0.717, 1.165) is 26.2 Å². The van der Waals surface area contributed by atoms with Gasteiger partial charge in [-0.1, -0.05) is 0 Å². The van der Waals surface area contributed by atoms with Crippen molar-refractivity contribution in [2.45, 2.75) is 0 Å². The first kappa shape index (κ1) is 8.77. The number of hydrogen-bond donors (Lipinski definition) is 0. The summed E-state index contributed by atoms with van der Waals surface area (Å²) in [5.74, 6) is 0. The molecular formula is C8H14N4. The lowest BCUT2D eigenvalue weighted by molar-refractivity contribution is 0.176. The zero-order chi connectivity index (χ0) is 8.81. The number of rotatable bonds is 1. The van der Waals surface area contributed by atoms with Gasteiger partial charge >= 0.3 is 0 Å². The van der Waals surface area contributed by atoms with Gasteiger partial charge in [0, 0.05) is 0 Å². The van der Waals surface area contributed by atoms with E-state index >= 15 is 0 Å². The van der Waals surface area contributed by atoms with Gasteiger partial charge in [-0.2, -0.15) is 0 Å². The normalized spacial score (nSPS) is 19.7. The molecule has 0 N–H and O–H groups in total. The molecule has 0 saturated carbocycles.